The van der Waals surface area contributed by atoms with Gasteiger partial charge in [0.1, 0.15) is 23.4 Å². The average Bonchev–Trinajstić information content (AvgIpc) is 3.22. The molecule has 2 N–H and O–H groups in total. The molecule has 0 radical (unpaired) electrons. The summed E-state index contributed by atoms with van der Waals surface area (Å²) in [4.78, 5) is 17.5. The Hall–Kier alpha value is -3.85. The van der Waals surface area contributed by atoms with Crippen molar-refractivity contribution in [2.75, 3.05) is 20.8 Å². The number of hydrogen-bond acceptors (Lipinski definition) is 6. The van der Waals surface area contributed by atoms with E-state index < -0.39 is 0 Å². The lowest BCUT2D eigenvalue weighted by Gasteiger charge is -2.16. The zero-order valence-corrected chi connectivity index (χ0v) is 18.6. The third kappa shape index (κ3) is 3.80. The lowest BCUT2D eigenvalue weighted by Crippen LogP contribution is -2.28. The maximum absolute atomic E-state index is 12.9. The third-order valence-corrected chi connectivity index (χ3v) is 6.05. The van der Waals surface area contributed by atoms with E-state index in [1.165, 1.54) is 14.2 Å². The SMILES string of the molecule is COc1cc(-n2cnc3cc(-c4cnn(C)c4)ccc32)cc(OC)c1C(=O)N[C@@H]1C[C@H]1CO. The molecular formula is C24H25N5O4. The molecule has 0 aliphatic heterocycles. The van der Waals surface area contributed by atoms with Crippen LogP contribution in [0.15, 0.2) is 49.1 Å². The molecule has 1 aliphatic carbocycles. The Morgan fingerprint density at radius 1 is 1.18 bits per heavy atom. The Labute approximate surface area is 190 Å². The summed E-state index contributed by atoms with van der Waals surface area (Å²) in [6.07, 6.45) is 6.29. The number of hydrogen-bond donors (Lipinski definition) is 2. The smallest absolute Gasteiger partial charge is 0.259 e. The summed E-state index contributed by atoms with van der Waals surface area (Å²) in [5.41, 5.74) is 4.89. The van der Waals surface area contributed by atoms with Crippen molar-refractivity contribution in [2.24, 2.45) is 13.0 Å². The molecule has 1 fully saturated rings. The lowest BCUT2D eigenvalue weighted by atomic mass is 10.1. The summed E-state index contributed by atoms with van der Waals surface area (Å²) in [7, 11) is 4.93. The normalized spacial score (nSPS) is 17.2. The van der Waals surface area contributed by atoms with Crippen molar-refractivity contribution >= 4 is 16.9 Å². The minimum Gasteiger partial charge on any atom is -0.496 e. The van der Waals surface area contributed by atoms with Gasteiger partial charge >= 0.3 is 0 Å². The molecule has 9 nitrogen and oxygen atoms in total. The van der Waals surface area contributed by atoms with Crippen LogP contribution in [0.3, 0.4) is 0 Å². The average molecular weight is 447 g/mol. The van der Waals surface area contributed by atoms with Crippen LogP contribution in [0.5, 0.6) is 11.5 Å². The summed E-state index contributed by atoms with van der Waals surface area (Å²) >= 11 is 0. The maximum Gasteiger partial charge on any atom is 0.259 e. The van der Waals surface area contributed by atoms with Gasteiger partial charge in [0.2, 0.25) is 0 Å². The Balaban J connectivity index is 1.52. The van der Waals surface area contributed by atoms with Crippen LogP contribution in [0, 0.1) is 5.92 Å². The summed E-state index contributed by atoms with van der Waals surface area (Å²) in [5.74, 6) is 0.626. The molecule has 5 rings (SSSR count). The zero-order valence-electron chi connectivity index (χ0n) is 18.6. The van der Waals surface area contributed by atoms with E-state index in [9.17, 15) is 9.90 Å². The van der Waals surface area contributed by atoms with Gasteiger partial charge in [0.25, 0.3) is 5.91 Å². The fraction of sp³-hybridized carbons (Fsp3) is 0.292. The molecule has 1 aliphatic rings. The number of carbonyl (C=O) groups excluding carboxylic acids is 1. The van der Waals surface area contributed by atoms with Crippen molar-refractivity contribution in [3.63, 3.8) is 0 Å². The number of rotatable bonds is 7. The van der Waals surface area contributed by atoms with Crippen molar-refractivity contribution in [1.29, 1.82) is 0 Å². The van der Waals surface area contributed by atoms with Crippen LogP contribution in [0.2, 0.25) is 0 Å². The van der Waals surface area contributed by atoms with Gasteiger partial charge in [-0.25, -0.2) is 4.98 Å². The van der Waals surface area contributed by atoms with Gasteiger partial charge in [-0.15, -0.1) is 0 Å². The molecule has 4 aromatic rings. The molecule has 0 saturated heterocycles. The Morgan fingerprint density at radius 3 is 2.55 bits per heavy atom. The standard InChI is InChI=1S/C24H25N5O4/c1-28-11-16(10-26-28)14-4-5-20-19(6-14)25-13-29(20)17-8-21(32-2)23(22(9-17)33-3)24(31)27-18-7-15(18)12-30/h4-6,8-11,13,15,18,30H,7,12H2,1-3H3,(H,27,31)/t15-,18+/m0/s1. The zero-order chi connectivity index (χ0) is 23.1. The number of nitrogens with one attached hydrogen (secondary N) is 1. The van der Waals surface area contributed by atoms with Crippen LogP contribution in [0.4, 0.5) is 0 Å². The molecular weight excluding hydrogens is 422 g/mol. The van der Waals surface area contributed by atoms with Crippen molar-refractivity contribution < 1.29 is 19.4 Å². The highest BCUT2D eigenvalue weighted by atomic mass is 16.5. The highest BCUT2D eigenvalue weighted by Crippen LogP contribution is 2.36. The summed E-state index contributed by atoms with van der Waals surface area (Å²) < 4.78 is 14.8. The molecule has 1 saturated carbocycles. The van der Waals surface area contributed by atoms with Crippen molar-refractivity contribution in [3.8, 4) is 28.3 Å². The molecule has 9 heteroatoms. The van der Waals surface area contributed by atoms with Gasteiger partial charge in [-0.3, -0.25) is 14.0 Å². The van der Waals surface area contributed by atoms with Gasteiger partial charge in [-0.05, 0) is 24.1 Å². The number of ether oxygens (including phenoxy) is 2. The first-order valence-electron chi connectivity index (χ1n) is 10.7. The number of imidazole rings is 1. The highest BCUT2D eigenvalue weighted by molar-refractivity contribution is 6.00. The Morgan fingerprint density at radius 2 is 1.94 bits per heavy atom. The number of aliphatic hydroxyl groups excluding tert-OH is 1. The van der Waals surface area contributed by atoms with E-state index in [1.54, 1.807) is 23.1 Å². The van der Waals surface area contributed by atoms with Gasteiger partial charge in [-0.2, -0.15) is 5.10 Å². The number of methoxy groups -OCH3 is 2. The first kappa shape index (κ1) is 21.0. The fourth-order valence-corrected chi connectivity index (χ4v) is 4.10. The van der Waals surface area contributed by atoms with Crippen LogP contribution in [-0.2, 0) is 7.05 Å². The lowest BCUT2D eigenvalue weighted by molar-refractivity contribution is 0.0941. The quantitative estimate of drug-likeness (QED) is 0.451. The number of fused-ring (bicyclic) bond motifs is 1. The molecule has 33 heavy (non-hydrogen) atoms. The van der Waals surface area contributed by atoms with Gasteiger partial charge in [0.05, 0.1) is 37.1 Å². The first-order chi connectivity index (χ1) is 16.0. The molecule has 2 aromatic heterocycles. The van der Waals surface area contributed by atoms with E-state index >= 15 is 0 Å². The summed E-state index contributed by atoms with van der Waals surface area (Å²) in [6, 6.07) is 9.62. The predicted molar refractivity (Wildman–Crippen MR) is 123 cm³/mol. The Bertz CT molecular complexity index is 1320. The molecule has 0 spiro atoms. The van der Waals surface area contributed by atoms with E-state index in [0.717, 1.165) is 34.3 Å². The topological polar surface area (TPSA) is 103 Å². The largest absolute Gasteiger partial charge is 0.496 e. The van der Waals surface area contributed by atoms with Gasteiger partial charge in [0, 0.05) is 49.5 Å². The fourth-order valence-electron chi connectivity index (χ4n) is 4.10. The van der Waals surface area contributed by atoms with Crippen LogP contribution < -0.4 is 14.8 Å². The molecule has 2 atom stereocenters. The molecule has 0 unspecified atom stereocenters. The van der Waals surface area contributed by atoms with Gasteiger partial charge < -0.3 is 19.9 Å². The number of amides is 1. The second kappa shape index (κ2) is 8.25. The van der Waals surface area contributed by atoms with Crippen molar-refractivity contribution in [1.82, 2.24) is 24.6 Å². The predicted octanol–water partition coefficient (Wildman–Crippen LogP) is 2.55. The molecule has 0 bridgehead atoms. The number of aryl methyl sites for hydroxylation is 1. The van der Waals surface area contributed by atoms with Crippen molar-refractivity contribution in [2.45, 2.75) is 12.5 Å². The number of aliphatic hydroxyl groups is 1. The second-order valence-corrected chi connectivity index (χ2v) is 8.20. The first-order valence-corrected chi connectivity index (χ1v) is 10.7. The van der Waals surface area contributed by atoms with Gasteiger partial charge in [0.15, 0.2) is 0 Å². The van der Waals surface area contributed by atoms with Crippen LogP contribution in [0.1, 0.15) is 16.8 Å². The monoisotopic (exact) mass is 447 g/mol. The number of aromatic nitrogens is 4. The van der Waals surface area contributed by atoms with Gasteiger partial charge in [-0.1, -0.05) is 6.07 Å². The molecule has 1 amide bonds. The highest BCUT2D eigenvalue weighted by Gasteiger charge is 2.38. The third-order valence-electron chi connectivity index (χ3n) is 6.05. The Kier molecular flexibility index (Phi) is 5.26. The summed E-state index contributed by atoms with van der Waals surface area (Å²) in [6.45, 7) is 0.0638. The van der Waals surface area contributed by atoms with Crippen molar-refractivity contribution in [3.05, 3.63) is 54.6 Å². The van der Waals surface area contributed by atoms with E-state index in [2.05, 4.69) is 15.4 Å². The minimum absolute atomic E-state index is 0.0248. The number of nitrogens with zero attached hydrogens (tertiary/aromatic N) is 4. The van der Waals surface area contributed by atoms with Crippen LogP contribution in [-0.4, -0.2) is 57.2 Å². The number of carbonyl (C=O) groups is 1. The van der Waals surface area contributed by atoms with E-state index in [-0.39, 0.29) is 24.5 Å². The van der Waals surface area contributed by atoms with E-state index in [1.807, 2.05) is 42.2 Å². The van der Waals surface area contributed by atoms with Crippen LogP contribution in [0.25, 0.3) is 27.8 Å². The van der Waals surface area contributed by atoms with Crippen LogP contribution >= 0.6 is 0 Å². The van der Waals surface area contributed by atoms with E-state index in [4.69, 9.17) is 9.47 Å². The minimum atomic E-state index is -0.284. The molecule has 2 aromatic carbocycles. The molecule has 170 valence electrons. The number of benzene rings is 2. The maximum atomic E-state index is 12.9. The second-order valence-electron chi connectivity index (χ2n) is 8.20. The summed E-state index contributed by atoms with van der Waals surface area (Å²) in [5, 5.41) is 16.4. The molecule has 2 heterocycles. The van der Waals surface area contributed by atoms with E-state index in [0.29, 0.717) is 17.1 Å².